The lowest BCUT2D eigenvalue weighted by Gasteiger charge is -2.10. The maximum absolute atomic E-state index is 13.0. The van der Waals surface area contributed by atoms with Gasteiger partial charge in [-0.25, -0.2) is 14.6 Å². The smallest absolute Gasteiger partial charge is 0.255 e. The van der Waals surface area contributed by atoms with Crippen molar-refractivity contribution in [2.24, 2.45) is 11.6 Å². The van der Waals surface area contributed by atoms with Gasteiger partial charge in [-0.15, -0.1) is 0 Å². The fourth-order valence-corrected chi connectivity index (χ4v) is 0.984. The van der Waals surface area contributed by atoms with E-state index in [1.807, 2.05) is 0 Å². The summed E-state index contributed by atoms with van der Waals surface area (Å²) in [7, 11) is 0. The van der Waals surface area contributed by atoms with Gasteiger partial charge in [0.25, 0.3) is 5.91 Å². The molecular weight excluding hydrogens is 192 g/mol. The topological polar surface area (TPSA) is 81.1 Å². The Hall–Kier alpha value is -1.53. The van der Waals surface area contributed by atoms with Gasteiger partial charge < -0.3 is 5.73 Å². The molecular formula is C8H9F2N3O. The molecule has 0 aromatic heterocycles. The van der Waals surface area contributed by atoms with Crippen LogP contribution in [0.4, 0.5) is 8.78 Å². The van der Waals surface area contributed by atoms with Gasteiger partial charge in [-0.05, 0) is 18.2 Å². The van der Waals surface area contributed by atoms with Crippen molar-refractivity contribution < 1.29 is 13.6 Å². The normalized spacial score (nSPS) is 12.3. The first-order chi connectivity index (χ1) is 6.56. The first-order valence-electron chi connectivity index (χ1n) is 3.77. The summed E-state index contributed by atoms with van der Waals surface area (Å²) in [5, 5.41) is 0. The van der Waals surface area contributed by atoms with E-state index in [0.29, 0.717) is 0 Å². The zero-order valence-electron chi connectivity index (χ0n) is 7.13. The summed E-state index contributed by atoms with van der Waals surface area (Å²) < 4.78 is 25.7. The number of halogens is 2. The SMILES string of the molecule is NNC(=O)C(N)c1cc(F)ccc1F. The Labute approximate surface area is 78.9 Å². The average Bonchev–Trinajstić information content (AvgIpc) is 2.19. The quantitative estimate of drug-likeness (QED) is 0.356. The van der Waals surface area contributed by atoms with E-state index in [9.17, 15) is 13.6 Å². The third kappa shape index (κ3) is 2.04. The number of nitrogens with one attached hydrogen (secondary N) is 1. The van der Waals surface area contributed by atoms with E-state index in [4.69, 9.17) is 11.6 Å². The van der Waals surface area contributed by atoms with Crippen LogP contribution >= 0.6 is 0 Å². The summed E-state index contributed by atoms with van der Waals surface area (Å²) in [5.74, 6) is 2.61. The lowest BCUT2D eigenvalue weighted by molar-refractivity contribution is -0.122. The van der Waals surface area contributed by atoms with E-state index in [1.54, 1.807) is 5.43 Å². The number of carbonyl (C=O) groups is 1. The minimum absolute atomic E-state index is 0.229. The zero-order valence-corrected chi connectivity index (χ0v) is 7.13. The number of carbonyl (C=O) groups excluding carboxylic acids is 1. The molecule has 1 atom stereocenters. The number of amides is 1. The molecule has 5 N–H and O–H groups in total. The van der Waals surface area contributed by atoms with Gasteiger partial charge in [0.1, 0.15) is 17.7 Å². The van der Waals surface area contributed by atoms with Crippen molar-refractivity contribution in [2.45, 2.75) is 6.04 Å². The molecule has 1 unspecified atom stereocenters. The molecule has 0 saturated heterocycles. The summed E-state index contributed by atoms with van der Waals surface area (Å²) in [6.07, 6.45) is 0. The molecule has 0 aliphatic rings. The Kier molecular flexibility index (Phi) is 3.10. The van der Waals surface area contributed by atoms with Crippen molar-refractivity contribution in [3.8, 4) is 0 Å². The van der Waals surface area contributed by atoms with E-state index in [0.717, 1.165) is 18.2 Å². The Morgan fingerprint density at radius 3 is 2.64 bits per heavy atom. The van der Waals surface area contributed by atoms with Gasteiger partial charge >= 0.3 is 0 Å². The molecule has 0 radical (unpaired) electrons. The summed E-state index contributed by atoms with van der Waals surface area (Å²) in [5.41, 5.74) is 6.85. The maximum atomic E-state index is 13.0. The lowest BCUT2D eigenvalue weighted by atomic mass is 10.1. The molecule has 0 fully saturated rings. The third-order valence-electron chi connectivity index (χ3n) is 1.72. The number of benzene rings is 1. The molecule has 0 saturated carbocycles. The van der Waals surface area contributed by atoms with E-state index in [1.165, 1.54) is 0 Å². The minimum atomic E-state index is -1.31. The first-order valence-corrected chi connectivity index (χ1v) is 3.77. The first kappa shape index (κ1) is 10.6. The van der Waals surface area contributed by atoms with Crippen LogP contribution in [0.15, 0.2) is 18.2 Å². The molecule has 1 amide bonds. The molecule has 0 aliphatic carbocycles. The van der Waals surface area contributed by atoms with Crippen LogP contribution in [0, 0.1) is 11.6 Å². The fourth-order valence-electron chi connectivity index (χ4n) is 0.984. The van der Waals surface area contributed by atoms with E-state index in [-0.39, 0.29) is 5.56 Å². The second-order valence-corrected chi connectivity index (χ2v) is 2.65. The standard InChI is InChI=1S/C8H9F2N3O/c9-4-1-2-6(10)5(3-4)7(11)8(14)13-12/h1-3,7H,11-12H2,(H,13,14). The third-order valence-corrected chi connectivity index (χ3v) is 1.72. The lowest BCUT2D eigenvalue weighted by Crippen LogP contribution is -2.38. The summed E-state index contributed by atoms with van der Waals surface area (Å²) >= 11 is 0. The van der Waals surface area contributed by atoms with Gasteiger partial charge in [0.05, 0.1) is 0 Å². The van der Waals surface area contributed by atoms with Crippen LogP contribution in [0.2, 0.25) is 0 Å². The molecule has 0 spiro atoms. The fraction of sp³-hybridized carbons (Fsp3) is 0.125. The number of hydrogen-bond donors (Lipinski definition) is 3. The predicted molar refractivity (Wildman–Crippen MR) is 45.6 cm³/mol. The monoisotopic (exact) mass is 201 g/mol. The molecule has 4 nitrogen and oxygen atoms in total. The Morgan fingerprint density at radius 1 is 1.43 bits per heavy atom. The van der Waals surface area contributed by atoms with Gasteiger partial charge in [-0.3, -0.25) is 10.2 Å². The highest BCUT2D eigenvalue weighted by Gasteiger charge is 2.18. The van der Waals surface area contributed by atoms with Gasteiger partial charge in [-0.2, -0.15) is 0 Å². The van der Waals surface area contributed by atoms with Crippen LogP contribution in [-0.4, -0.2) is 5.91 Å². The largest absolute Gasteiger partial charge is 0.316 e. The molecule has 0 heterocycles. The average molecular weight is 201 g/mol. The van der Waals surface area contributed by atoms with Gasteiger partial charge in [0.15, 0.2) is 0 Å². The summed E-state index contributed by atoms with van der Waals surface area (Å²) in [4.78, 5) is 10.9. The van der Waals surface area contributed by atoms with Gasteiger partial charge in [0, 0.05) is 5.56 Å². The highest BCUT2D eigenvalue weighted by atomic mass is 19.1. The minimum Gasteiger partial charge on any atom is -0.316 e. The molecule has 1 rings (SSSR count). The van der Waals surface area contributed by atoms with Crippen molar-refractivity contribution in [3.05, 3.63) is 35.4 Å². The van der Waals surface area contributed by atoms with Crippen molar-refractivity contribution in [1.29, 1.82) is 0 Å². The van der Waals surface area contributed by atoms with Crippen molar-refractivity contribution in [1.82, 2.24) is 5.43 Å². The maximum Gasteiger partial charge on any atom is 0.255 e. The molecule has 0 aliphatic heterocycles. The van der Waals surface area contributed by atoms with Crippen LogP contribution < -0.4 is 17.0 Å². The zero-order chi connectivity index (χ0) is 10.7. The molecule has 0 bridgehead atoms. The highest BCUT2D eigenvalue weighted by Crippen LogP contribution is 2.16. The predicted octanol–water partition coefficient (Wildman–Crippen LogP) is -0.0455. The molecule has 76 valence electrons. The van der Waals surface area contributed by atoms with E-state index >= 15 is 0 Å². The second-order valence-electron chi connectivity index (χ2n) is 2.65. The van der Waals surface area contributed by atoms with Crippen molar-refractivity contribution in [2.75, 3.05) is 0 Å². The molecule has 1 aromatic carbocycles. The number of nitrogens with two attached hydrogens (primary N) is 2. The van der Waals surface area contributed by atoms with E-state index < -0.39 is 23.6 Å². The Balaban J connectivity index is 3.05. The van der Waals surface area contributed by atoms with Crippen LogP contribution in [-0.2, 0) is 4.79 Å². The number of hydrazine groups is 1. The number of rotatable bonds is 2. The van der Waals surface area contributed by atoms with E-state index in [2.05, 4.69) is 0 Å². The van der Waals surface area contributed by atoms with Crippen molar-refractivity contribution in [3.63, 3.8) is 0 Å². The van der Waals surface area contributed by atoms with Crippen LogP contribution in [0.25, 0.3) is 0 Å². The van der Waals surface area contributed by atoms with Crippen LogP contribution in [0.5, 0.6) is 0 Å². The van der Waals surface area contributed by atoms with Crippen molar-refractivity contribution >= 4 is 5.91 Å². The van der Waals surface area contributed by atoms with Crippen LogP contribution in [0.3, 0.4) is 0 Å². The van der Waals surface area contributed by atoms with Crippen LogP contribution in [0.1, 0.15) is 11.6 Å². The molecule has 1 aromatic rings. The second kappa shape index (κ2) is 4.12. The molecule has 14 heavy (non-hydrogen) atoms. The highest BCUT2D eigenvalue weighted by molar-refractivity contribution is 5.82. The van der Waals surface area contributed by atoms with Gasteiger partial charge in [-0.1, -0.05) is 0 Å². The Morgan fingerprint density at radius 2 is 2.07 bits per heavy atom. The molecule has 6 heteroatoms. The summed E-state index contributed by atoms with van der Waals surface area (Å²) in [6, 6.07) is 1.38. The number of hydrogen-bond acceptors (Lipinski definition) is 3. The summed E-state index contributed by atoms with van der Waals surface area (Å²) in [6.45, 7) is 0. The van der Waals surface area contributed by atoms with Gasteiger partial charge in [0.2, 0.25) is 0 Å². The Bertz CT molecular complexity index is 356.